The summed E-state index contributed by atoms with van der Waals surface area (Å²) in [5.74, 6) is 0.956. The summed E-state index contributed by atoms with van der Waals surface area (Å²) in [6.07, 6.45) is 3.17. The quantitative estimate of drug-likeness (QED) is 0.841. The molecule has 124 valence electrons. The van der Waals surface area contributed by atoms with Gasteiger partial charge in [0.05, 0.1) is 5.02 Å². The zero-order valence-corrected chi connectivity index (χ0v) is 14.3. The molecule has 0 fully saturated rings. The van der Waals surface area contributed by atoms with Crippen LogP contribution in [0.1, 0.15) is 16.7 Å². The van der Waals surface area contributed by atoms with E-state index in [-0.39, 0.29) is 5.91 Å². The Bertz CT molecular complexity index is 814. The molecule has 1 aliphatic rings. The first-order valence-corrected chi connectivity index (χ1v) is 8.06. The summed E-state index contributed by atoms with van der Waals surface area (Å²) in [5.41, 5.74) is 3.70. The van der Waals surface area contributed by atoms with Crippen LogP contribution in [0.3, 0.4) is 0 Å². The standard InChI is InChI=1S/C19H18ClNO3/c1-12-3-4-13(2)16(9-12)21-18(22)6-5-14-10-15(20)19-17(11-14)23-7-8-24-19/h3-6,9-11H,7-8H2,1-2H3,(H,21,22)/b6-5+. The number of hydrogen-bond acceptors (Lipinski definition) is 3. The van der Waals surface area contributed by atoms with Crippen LogP contribution in [0.15, 0.2) is 36.4 Å². The smallest absolute Gasteiger partial charge is 0.248 e. The molecule has 1 heterocycles. The summed E-state index contributed by atoms with van der Waals surface area (Å²) >= 11 is 6.19. The van der Waals surface area contributed by atoms with E-state index in [9.17, 15) is 4.79 Å². The first-order chi connectivity index (χ1) is 11.5. The van der Waals surface area contributed by atoms with E-state index < -0.39 is 0 Å². The molecule has 0 unspecified atom stereocenters. The fraction of sp³-hybridized carbons (Fsp3) is 0.211. The van der Waals surface area contributed by atoms with E-state index in [0.29, 0.717) is 29.7 Å². The molecule has 1 aliphatic heterocycles. The van der Waals surface area contributed by atoms with Crippen molar-refractivity contribution in [1.82, 2.24) is 0 Å². The lowest BCUT2D eigenvalue weighted by atomic mass is 10.1. The van der Waals surface area contributed by atoms with Crippen molar-refractivity contribution >= 4 is 29.3 Å². The summed E-state index contributed by atoms with van der Waals surface area (Å²) in [7, 11) is 0. The van der Waals surface area contributed by atoms with Crippen LogP contribution in [0.25, 0.3) is 6.08 Å². The Kier molecular flexibility index (Phi) is 4.76. The number of halogens is 1. The highest BCUT2D eigenvalue weighted by atomic mass is 35.5. The number of carbonyl (C=O) groups excluding carboxylic acids is 1. The first-order valence-electron chi connectivity index (χ1n) is 7.68. The number of nitrogens with one attached hydrogen (secondary N) is 1. The van der Waals surface area contributed by atoms with Gasteiger partial charge in [-0.15, -0.1) is 0 Å². The van der Waals surface area contributed by atoms with Gasteiger partial charge in [0, 0.05) is 11.8 Å². The lowest BCUT2D eigenvalue weighted by Crippen LogP contribution is -2.15. The van der Waals surface area contributed by atoms with Crippen LogP contribution in [0.5, 0.6) is 11.5 Å². The van der Waals surface area contributed by atoms with Crippen molar-refractivity contribution in [2.75, 3.05) is 18.5 Å². The van der Waals surface area contributed by atoms with Gasteiger partial charge in [-0.2, -0.15) is 0 Å². The summed E-state index contributed by atoms with van der Waals surface area (Å²) in [6.45, 7) is 4.92. The van der Waals surface area contributed by atoms with Crippen molar-refractivity contribution in [3.8, 4) is 11.5 Å². The van der Waals surface area contributed by atoms with Gasteiger partial charge in [0.1, 0.15) is 13.2 Å². The lowest BCUT2D eigenvalue weighted by molar-refractivity contribution is -0.111. The highest BCUT2D eigenvalue weighted by molar-refractivity contribution is 6.32. The van der Waals surface area contributed by atoms with Crippen molar-refractivity contribution in [3.63, 3.8) is 0 Å². The number of carbonyl (C=O) groups is 1. The molecule has 0 spiro atoms. The second-order valence-corrected chi connectivity index (χ2v) is 6.08. The zero-order chi connectivity index (χ0) is 17.1. The molecule has 0 radical (unpaired) electrons. The van der Waals surface area contributed by atoms with E-state index in [4.69, 9.17) is 21.1 Å². The molecule has 2 aromatic rings. The minimum Gasteiger partial charge on any atom is -0.486 e. The number of hydrogen-bond donors (Lipinski definition) is 1. The lowest BCUT2D eigenvalue weighted by Gasteiger charge is -2.19. The fourth-order valence-electron chi connectivity index (χ4n) is 2.44. The number of rotatable bonds is 3. The second-order valence-electron chi connectivity index (χ2n) is 5.67. The third-order valence-corrected chi connectivity index (χ3v) is 3.98. The average Bonchev–Trinajstić information content (AvgIpc) is 2.56. The van der Waals surface area contributed by atoms with Gasteiger partial charge in [-0.05, 0) is 54.8 Å². The topological polar surface area (TPSA) is 47.6 Å². The Balaban J connectivity index is 1.74. The molecule has 0 saturated carbocycles. The van der Waals surface area contributed by atoms with Gasteiger partial charge in [0.15, 0.2) is 11.5 Å². The van der Waals surface area contributed by atoms with Gasteiger partial charge in [-0.25, -0.2) is 0 Å². The number of anilines is 1. The number of fused-ring (bicyclic) bond motifs is 1. The molecule has 4 nitrogen and oxygen atoms in total. The largest absolute Gasteiger partial charge is 0.486 e. The zero-order valence-electron chi connectivity index (χ0n) is 13.6. The first kappa shape index (κ1) is 16.4. The minimum atomic E-state index is -0.199. The molecule has 0 aromatic heterocycles. The Morgan fingerprint density at radius 2 is 1.96 bits per heavy atom. The Hall–Kier alpha value is -2.46. The number of amides is 1. The molecule has 0 atom stereocenters. The van der Waals surface area contributed by atoms with Gasteiger partial charge in [-0.1, -0.05) is 23.7 Å². The fourth-order valence-corrected chi connectivity index (χ4v) is 2.72. The Morgan fingerprint density at radius 1 is 1.17 bits per heavy atom. The highest BCUT2D eigenvalue weighted by Gasteiger charge is 2.16. The van der Waals surface area contributed by atoms with Gasteiger partial charge in [-0.3, -0.25) is 4.79 Å². The van der Waals surface area contributed by atoms with Crippen LogP contribution in [0, 0.1) is 13.8 Å². The van der Waals surface area contributed by atoms with Crippen molar-refractivity contribution in [3.05, 3.63) is 58.1 Å². The monoisotopic (exact) mass is 343 g/mol. The van der Waals surface area contributed by atoms with Crippen molar-refractivity contribution in [1.29, 1.82) is 0 Å². The van der Waals surface area contributed by atoms with E-state index in [0.717, 1.165) is 22.4 Å². The van der Waals surface area contributed by atoms with Crippen LogP contribution in [-0.4, -0.2) is 19.1 Å². The van der Waals surface area contributed by atoms with Crippen LogP contribution < -0.4 is 14.8 Å². The molecule has 3 rings (SSSR count). The van der Waals surface area contributed by atoms with Crippen LogP contribution >= 0.6 is 11.6 Å². The molecule has 5 heteroatoms. The third-order valence-electron chi connectivity index (χ3n) is 3.70. The molecule has 1 amide bonds. The maximum absolute atomic E-state index is 12.1. The molecule has 2 aromatic carbocycles. The number of benzene rings is 2. The summed E-state index contributed by atoms with van der Waals surface area (Å²) < 4.78 is 11.0. The molecule has 24 heavy (non-hydrogen) atoms. The molecule has 0 aliphatic carbocycles. The van der Waals surface area contributed by atoms with Gasteiger partial charge in [0.25, 0.3) is 0 Å². The van der Waals surface area contributed by atoms with E-state index in [1.807, 2.05) is 38.1 Å². The maximum atomic E-state index is 12.1. The maximum Gasteiger partial charge on any atom is 0.248 e. The Labute approximate surface area is 146 Å². The normalized spacial score (nSPS) is 13.1. The minimum absolute atomic E-state index is 0.199. The van der Waals surface area contributed by atoms with Gasteiger partial charge >= 0.3 is 0 Å². The molecule has 1 N–H and O–H groups in total. The van der Waals surface area contributed by atoms with E-state index >= 15 is 0 Å². The van der Waals surface area contributed by atoms with Crippen molar-refractivity contribution < 1.29 is 14.3 Å². The van der Waals surface area contributed by atoms with E-state index in [1.54, 1.807) is 12.1 Å². The summed E-state index contributed by atoms with van der Waals surface area (Å²) in [6, 6.07) is 9.49. The highest BCUT2D eigenvalue weighted by Crippen LogP contribution is 2.38. The average molecular weight is 344 g/mol. The second kappa shape index (κ2) is 6.97. The molecular weight excluding hydrogens is 326 g/mol. The number of aryl methyl sites for hydroxylation is 2. The SMILES string of the molecule is Cc1ccc(C)c(NC(=O)/C=C/c2cc(Cl)c3c(c2)OCCO3)c1. The van der Waals surface area contributed by atoms with Crippen LogP contribution in [0.2, 0.25) is 5.02 Å². The van der Waals surface area contributed by atoms with Crippen LogP contribution in [0.4, 0.5) is 5.69 Å². The summed E-state index contributed by atoms with van der Waals surface area (Å²) in [5, 5.41) is 3.36. The van der Waals surface area contributed by atoms with Gasteiger partial charge in [0.2, 0.25) is 5.91 Å². The van der Waals surface area contributed by atoms with Crippen molar-refractivity contribution in [2.45, 2.75) is 13.8 Å². The predicted octanol–water partition coefficient (Wildman–Crippen LogP) is 4.38. The molecule has 0 bridgehead atoms. The molecular formula is C19H18ClNO3. The Morgan fingerprint density at radius 3 is 2.79 bits per heavy atom. The van der Waals surface area contributed by atoms with E-state index in [1.165, 1.54) is 6.08 Å². The number of ether oxygens (including phenoxy) is 2. The summed E-state index contributed by atoms with van der Waals surface area (Å²) in [4.78, 5) is 12.1. The van der Waals surface area contributed by atoms with Crippen molar-refractivity contribution in [2.24, 2.45) is 0 Å². The van der Waals surface area contributed by atoms with Gasteiger partial charge < -0.3 is 14.8 Å². The van der Waals surface area contributed by atoms with E-state index in [2.05, 4.69) is 5.32 Å². The predicted molar refractivity (Wildman–Crippen MR) is 96.0 cm³/mol. The van der Waals surface area contributed by atoms with Crippen LogP contribution in [-0.2, 0) is 4.79 Å². The third kappa shape index (κ3) is 3.71. The molecule has 0 saturated heterocycles.